The van der Waals surface area contributed by atoms with Gasteiger partial charge in [0.1, 0.15) is 0 Å². The number of carbonyl (C=O) groups excluding carboxylic acids is 1. The average Bonchev–Trinajstić information content (AvgIpc) is 2.32. The first kappa shape index (κ1) is 17.6. The molecule has 122 valence electrons. The Balaban J connectivity index is 3.39. The van der Waals surface area contributed by atoms with E-state index < -0.39 is 47.5 Å². The molecule has 1 saturated carbocycles. The molecule has 1 aliphatic carbocycles. The molecule has 0 aromatic heterocycles. The highest BCUT2D eigenvalue weighted by molar-refractivity contribution is 5.87. The zero-order chi connectivity index (χ0) is 17.0. The lowest BCUT2D eigenvalue weighted by Crippen LogP contribution is -2.76. The number of halogens is 9. The van der Waals surface area contributed by atoms with Crippen molar-refractivity contribution in [1.82, 2.24) is 0 Å². The van der Waals surface area contributed by atoms with Crippen molar-refractivity contribution < 1.29 is 49.0 Å². The highest BCUT2D eigenvalue weighted by Gasteiger charge is 2.90. The Hall–Kier alpha value is -1.42. The molecule has 0 heterocycles. The number of ether oxygens (including phenoxy) is 1. The lowest BCUT2D eigenvalue weighted by atomic mass is 9.82. The van der Waals surface area contributed by atoms with Gasteiger partial charge in [-0.1, -0.05) is 6.58 Å². The Morgan fingerprint density at radius 3 is 1.71 bits per heavy atom. The Labute approximate surface area is 111 Å². The van der Waals surface area contributed by atoms with Crippen molar-refractivity contribution in [2.24, 2.45) is 0 Å². The second-order valence-electron chi connectivity index (χ2n) is 4.40. The average molecular weight is 330 g/mol. The molecule has 2 nitrogen and oxygen atoms in total. The van der Waals surface area contributed by atoms with Crippen LogP contribution in [0.25, 0.3) is 0 Å². The van der Waals surface area contributed by atoms with Crippen molar-refractivity contribution >= 4 is 5.97 Å². The predicted octanol–water partition coefficient (Wildman–Crippen LogP) is 3.37. The molecule has 1 fully saturated rings. The SMILES string of the molecule is C=C(C)C(=O)OC1C(F)C(F)(F)C(F)(F)C(F)(F)C1(F)F. The molecule has 2 unspecified atom stereocenters. The van der Waals surface area contributed by atoms with Crippen LogP contribution < -0.4 is 0 Å². The van der Waals surface area contributed by atoms with E-state index in [9.17, 15) is 44.3 Å². The summed E-state index contributed by atoms with van der Waals surface area (Å²) in [5, 5.41) is 0. The first-order valence-corrected chi connectivity index (χ1v) is 5.14. The third kappa shape index (κ3) is 2.08. The van der Waals surface area contributed by atoms with Crippen LogP contribution in [-0.2, 0) is 9.53 Å². The number of hydrogen-bond donors (Lipinski definition) is 0. The molecule has 0 saturated heterocycles. The van der Waals surface area contributed by atoms with Crippen molar-refractivity contribution in [2.45, 2.75) is 42.9 Å². The summed E-state index contributed by atoms with van der Waals surface area (Å²) in [7, 11) is 0. The van der Waals surface area contributed by atoms with Crippen LogP contribution in [0, 0.1) is 0 Å². The van der Waals surface area contributed by atoms with Crippen molar-refractivity contribution in [2.75, 3.05) is 0 Å². The van der Waals surface area contributed by atoms with Gasteiger partial charge in [0.2, 0.25) is 12.3 Å². The van der Waals surface area contributed by atoms with Crippen LogP contribution in [0.4, 0.5) is 39.5 Å². The maximum Gasteiger partial charge on any atom is 0.382 e. The van der Waals surface area contributed by atoms with Crippen LogP contribution in [0.3, 0.4) is 0 Å². The molecule has 1 aliphatic rings. The molecule has 0 aliphatic heterocycles. The largest absolute Gasteiger partial charge is 0.449 e. The number of hydrogen-bond acceptors (Lipinski definition) is 2. The zero-order valence-corrected chi connectivity index (χ0v) is 10.1. The van der Waals surface area contributed by atoms with E-state index in [0.717, 1.165) is 6.92 Å². The lowest BCUT2D eigenvalue weighted by Gasteiger charge is -2.46. The van der Waals surface area contributed by atoms with E-state index in [1.807, 2.05) is 0 Å². The number of esters is 1. The van der Waals surface area contributed by atoms with Gasteiger partial charge in [0, 0.05) is 5.57 Å². The minimum absolute atomic E-state index is 0.707. The topological polar surface area (TPSA) is 26.3 Å². The molecule has 21 heavy (non-hydrogen) atoms. The van der Waals surface area contributed by atoms with E-state index in [1.54, 1.807) is 0 Å². The highest BCUT2D eigenvalue weighted by atomic mass is 19.4. The lowest BCUT2D eigenvalue weighted by molar-refractivity contribution is -0.428. The van der Waals surface area contributed by atoms with Crippen LogP contribution in [-0.4, -0.2) is 41.9 Å². The first-order chi connectivity index (χ1) is 9.12. The highest BCUT2D eigenvalue weighted by Crippen LogP contribution is 2.61. The second-order valence-corrected chi connectivity index (χ2v) is 4.40. The molecule has 0 aromatic rings. The predicted molar refractivity (Wildman–Crippen MR) is 49.4 cm³/mol. The van der Waals surface area contributed by atoms with Crippen LogP contribution in [0.15, 0.2) is 12.2 Å². The Morgan fingerprint density at radius 1 is 0.952 bits per heavy atom. The molecular formula is C10H7F9O2. The minimum atomic E-state index is -6.67. The summed E-state index contributed by atoms with van der Waals surface area (Å²) in [6, 6.07) is 0. The van der Waals surface area contributed by atoms with Gasteiger partial charge >= 0.3 is 29.7 Å². The minimum Gasteiger partial charge on any atom is -0.449 e. The summed E-state index contributed by atoms with van der Waals surface area (Å²) in [4.78, 5) is 10.9. The first-order valence-electron chi connectivity index (χ1n) is 5.14. The fourth-order valence-corrected chi connectivity index (χ4v) is 1.49. The quantitative estimate of drug-likeness (QED) is 0.441. The summed E-state index contributed by atoms with van der Waals surface area (Å²) in [5.74, 6) is -27.4. The second kappa shape index (κ2) is 4.54. The molecule has 2 atom stereocenters. The van der Waals surface area contributed by atoms with Crippen molar-refractivity contribution in [1.29, 1.82) is 0 Å². The van der Waals surface area contributed by atoms with Gasteiger partial charge in [-0.05, 0) is 6.92 Å². The van der Waals surface area contributed by atoms with Gasteiger partial charge in [0.05, 0.1) is 0 Å². The summed E-state index contributed by atoms with van der Waals surface area (Å²) in [5.41, 5.74) is -0.707. The monoisotopic (exact) mass is 330 g/mol. The van der Waals surface area contributed by atoms with E-state index in [2.05, 4.69) is 11.3 Å². The number of alkyl halides is 9. The Bertz CT molecular complexity index is 471. The fourth-order valence-electron chi connectivity index (χ4n) is 1.49. The van der Waals surface area contributed by atoms with E-state index >= 15 is 0 Å². The molecule has 0 amide bonds. The van der Waals surface area contributed by atoms with Crippen LogP contribution in [0.1, 0.15) is 6.92 Å². The number of carbonyl (C=O) groups is 1. The molecule has 0 radical (unpaired) electrons. The van der Waals surface area contributed by atoms with Gasteiger partial charge in [-0.15, -0.1) is 0 Å². The van der Waals surface area contributed by atoms with Gasteiger partial charge in [-0.25, -0.2) is 9.18 Å². The Kier molecular flexibility index (Phi) is 3.81. The summed E-state index contributed by atoms with van der Waals surface area (Å²) in [6.07, 6.45) is -8.63. The normalized spacial score (nSPS) is 32.3. The van der Waals surface area contributed by atoms with Crippen LogP contribution in [0.2, 0.25) is 0 Å². The molecule has 0 spiro atoms. The third-order valence-electron chi connectivity index (χ3n) is 2.78. The number of rotatable bonds is 2. The fraction of sp³-hybridized carbons (Fsp3) is 0.700. The van der Waals surface area contributed by atoms with Gasteiger partial charge in [-0.2, -0.15) is 35.1 Å². The molecule has 1 rings (SSSR count). The molecule has 0 aromatic carbocycles. The smallest absolute Gasteiger partial charge is 0.382 e. The van der Waals surface area contributed by atoms with E-state index in [1.165, 1.54) is 0 Å². The molecule has 11 heteroatoms. The van der Waals surface area contributed by atoms with Crippen LogP contribution in [0.5, 0.6) is 0 Å². The standard InChI is InChI=1S/C10H7F9O2/c1-3(2)6(20)21-5-4(11)7(12,13)9(16,17)10(18,19)8(5,14)15/h4-5H,1H2,2H3. The van der Waals surface area contributed by atoms with Gasteiger partial charge in [0.15, 0.2) is 0 Å². The molecular weight excluding hydrogens is 323 g/mol. The summed E-state index contributed by atoms with van der Waals surface area (Å²) in [6.45, 7) is 3.65. The van der Waals surface area contributed by atoms with Crippen molar-refractivity contribution in [3.63, 3.8) is 0 Å². The summed E-state index contributed by atoms with van der Waals surface area (Å²) < 4.78 is 121. The summed E-state index contributed by atoms with van der Waals surface area (Å²) >= 11 is 0. The van der Waals surface area contributed by atoms with E-state index in [0.29, 0.717) is 0 Å². The Morgan fingerprint density at radius 2 is 1.33 bits per heavy atom. The third-order valence-corrected chi connectivity index (χ3v) is 2.78. The zero-order valence-electron chi connectivity index (χ0n) is 10.1. The van der Waals surface area contributed by atoms with Crippen LogP contribution >= 0.6 is 0 Å². The van der Waals surface area contributed by atoms with E-state index in [4.69, 9.17) is 0 Å². The van der Waals surface area contributed by atoms with Gasteiger partial charge < -0.3 is 4.74 Å². The van der Waals surface area contributed by atoms with E-state index in [-0.39, 0.29) is 0 Å². The molecule has 0 bridgehead atoms. The molecule has 0 N–H and O–H groups in total. The van der Waals surface area contributed by atoms with Gasteiger partial charge in [-0.3, -0.25) is 0 Å². The maximum atomic E-state index is 13.2. The van der Waals surface area contributed by atoms with Crippen molar-refractivity contribution in [3.05, 3.63) is 12.2 Å². The van der Waals surface area contributed by atoms with Crippen molar-refractivity contribution in [3.8, 4) is 0 Å². The van der Waals surface area contributed by atoms with Gasteiger partial charge in [0.25, 0.3) is 0 Å². The maximum absolute atomic E-state index is 13.2.